The van der Waals surface area contributed by atoms with Gasteiger partial charge in [0.2, 0.25) is 0 Å². The number of hydrogen-bond acceptors (Lipinski definition) is 3. The number of rotatable bonds is 1. The Kier molecular flexibility index (Phi) is 1.98. The molecule has 0 bridgehead atoms. The number of aromatic nitrogens is 2. The third kappa shape index (κ3) is 1.53. The summed E-state index contributed by atoms with van der Waals surface area (Å²) in [6, 6.07) is 5.51. The van der Waals surface area contributed by atoms with Crippen LogP contribution in [0.1, 0.15) is 5.56 Å². The first kappa shape index (κ1) is 8.19. The molecule has 2 rings (SSSR count). The van der Waals surface area contributed by atoms with E-state index in [1.54, 1.807) is 17.4 Å². The van der Waals surface area contributed by atoms with E-state index in [-0.39, 0.29) is 5.56 Å². The number of aromatic amines is 1. The van der Waals surface area contributed by atoms with E-state index in [0.29, 0.717) is 0 Å². The minimum atomic E-state index is -0.155. The fourth-order valence-electron chi connectivity index (χ4n) is 1.16. The zero-order chi connectivity index (χ0) is 9.26. The highest BCUT2D eigenvalue weighted by Crippen LogP contribution is 2.23. The molecule has 3 nitrogen and oxygen atoms in total. The summed E-state index contributed by atoms with van der Waals surface area (Å²) in [6.07, 6.45) is 0. The minimum absolute atomic E-state index is 0.155. The van der Waals surface area contributed by atoms with Crippen LogP contribution in [0.15, 0.2) is 28.4 Å². The Morgan fingerprint density at radius 1 is 1.54 bits per heavy atom. The maximum Gasteiger partial charge on any atom is 0.264 e. The first-order valence-electron chi connectivity index (χ1n) is 3.87. The van der Waals surface area contributed by atoms with Crippen molar-refractivity contribution in [3.05, 3.63) is 39.5 Å². The van der Waals surface area contributed by atoms with E-state index in [0.717, 1.165) is 16.1 Å². The minimum Gasteiger partial charge on any atom is -0.268 e. The molecular formula is C9H8N2OS. The number of nitrogens with zero attached hydrogens (tertiary/aromatic N) is 1. The van der Waals surface area contributed by atoms with Crippen LogP contribution in [0.25, 0.3) is 10.6 Å². The third-order valence-corrected chi connectivity index (χ3v) is 2.63. The topological polar surface area (TPSA) is 45.8 Å². The van der Waals surface area contributed by atoms with Crippen LogP contribution >= 0.6 is 11.3 Å². The van der Waals surface area contributed by atoms with Crippen LogP contribution in [-0.4, -0.2) is 10.2 Å². The Bertz CT molecular complexity index is 459. The first-order chi connectivity index (χ1) is 6.27. The SMILES string of the molecule is Cc1cc(=O)[nH]nc1-c1cccs1. The van der Waals surface area contributed by atoms with Crippen LogP contribution in [-0.2, 0) is 0 Å². The quantitative estimate of drug-likeness (QED) is 0.749. The van der Waals surface area contributed by atoms with Crippen LogP contribution in [0.4, 0.5) is 0 Å². The molecule has 0 aliphatic carbocycles. The second-order valence-electron chi connectivity index (χ2n) is 2.74. The molecule has 66 valence electrons. The Balaban J connectivity index is 2.60. The van der Waals surface area contributed by atoms with Gasteiger partial charge in [0.1, 0.15) is 5.69 Å². The molecule has 0 aliphatic heterocycles. The Hall–Kier alpha value is -1.42. The Morgan fingerprint density at radius 2 is 2.38 bits per heavy atom. The molecule has 0 fully saturated rings. The van der Waals surface area contributed by atoms with Crippen molar-refractivity contribution in [2.24, 2.45) is 0 Å². The lowest BCUT2D eigenvalue weighted by Gasteiger charge is -1.98. The van der Waals surface area contributed by atoms with Crippen LogP contribution in [0.5, 0.6) is 0 Å². The van der Waals surface area contributed by atoms with Gasteiger partial charge in [0.05, 0.1) is 4.88 Å². The summed E-state index contributed by atoms with van der Waals surface area (Å²) in [6.45, 7) is 1.89. The zero-order valence-electron chi connectivity index (χ0n) is 7.07. The van der Waals surface area contributed by atoms with E-state index in [1.165, 1.54) is 0 Å². The van der Waals surface area contributed by atoms with E-state index < -0.39 is 0 Å². The summed E-state index contributed by atoms with van der Waals surface area (Å²) in [4.78, 5) is 12.0. The van der Waals surface area contributed by atoms with Gasteiger partial charge in [0.25, 0.3) is 5.56 Å². The summed E-state index contributed by atoms with van der Waals surface area (Å²) in [5.74, 6) is 0. The molecule has 0 amide bonds. The predicted octanol–water partition coefficient (Wildman–Crippen LogP) is 1.81. The van der Waals surface area contributed by atoms with E-state index in [4.69, 9.17) is 0 Å². The van der Waals surface area contributed by atoms with E-state index in [1.807, 2.05) is 24.4 Å². The number of thiophene rings is 1. The standard InChI is InChI=1S/C9H8N2OS/c1-6-5-8(12)10-11-9(6)7-3-2-4-13-7/h2-5H,1H3,(H,10,12). The molecule has 0 aliphatic rings. The lowest BCUT2D eigenvalue weighted by molar-refractivity contribution is 0.984. The van der Waals surface area contributed by atoms with Gasteiger partial charge in [-0.3, -0.25) is 4.79 Å². The molecule has 0 radical (unpaired) electrons. The van der Waals surface area contributed by atoms with Crippen molar-refractivity contribution in [1.82, 2.24) is 10.2 Å². The van der Waals surface area contributed by atoms with Gasteiger partial charge >= 0.3 is 0 Å². The lowest BCUT2D eigenvalue weighted by Crippen LogP contribution is -2.07. The van der Waals surface area contributed by atoms with Gasteiger partial charge < -0.3 is 0 Å². The van der Waals surface area contributed by atoms with Crippen molar-refractivity contribution in [1.29, 1.82) is 0 Å². The van der Waals surface area contributed by atoms with Gasteiger partial charge in [-0.15, -0.1) is 11.3 Å². The average molecular weight is 192 g/mol. The van der Waals surface area contributed by atoms with E-state index in [2.05, 4.69) is 10.2 Å². The van der Waals surface area contributed by atoms with Crippen molar-refractivity contribution in [2.45, 2.75) is 6.92 Å². The Labute approximate surface area is 79.1 Å². The smallest absolute Gasteiger partial charge is 0.264 e. The largest absolute Gasteiger partial charge is 0.268 e. The summed E-state index contributed by atoms with van der Waals surface area (Å²) < 4.78 is 0. The third-order valence-electron chi connectivity index (χ3n) is 1.75. The summed E-state index contributed by atoms with van der Waals surface area (Å²) in [7, 11) is 0. The predicted molar refractivity (Wildman–Crippen MR) is 52.9 cm³/mol. The second-order valence-corrected chi connectivity index (χ2v) is 3.69. The van der Waals surface area contributed by atoms with Crippen LogP contribution in [0, 0.1) is 6.92 Å². The highest BCUT2D eigenvalue weighted by atomic mass is 32.1. The molecule has 13 heavy (non-hydrogen) atoms. The lowest BCUT2D eigenvalue weighted by atomic mass is 10.2. The number of aryl methyl sites for hydroxylation is 1. The van der Waals surface area contributed by atoms with E-state index >= 15 is 0 Å². The van der Waals surface area contributed by atoms with Gasteiger partial charge in [-0.1, -0.05) is 6.07 Å². The maximum atomic E-state index is 10.9. The second kappa shape index (κ2) is 3.14. The normalized spacial score (nSPS) is 10.2. The molecule has 0 atom stereocenters. The Morgan fingerprint density at radius 3 is 3.00 bits per heavy atom. The molecule has 0 unspecified atom stereocenters. The van der Waals surface area contributed by atoms with Crippen molar-refractivity contribution >= 4 is 11.3 Å². The highest BCUT2D eigenvalue weighted by Gasteiger charge is 2.04. The van der Waals surface area contributed by atoms with Gasteiger partial charge in [-0.25, -0.2) is 5.10 Å². The molecule has 1 N–H and O–H groups in total. The van der Waals surface area contributed by atoms with Crippen molar-refractivity contribution < 1.29 is 0 Å². The van der Waals surface area contributed by atoms with Gasteiger partial charge in [-0.2, -0.15) is 5.10 Å². The van der Waals surface area contributed by atoms with Crippen molar-refractivity contribution in [3.63, 3.8) is 0 Å². The van der Waals surface area contributed by atoms with E-state index in [9.17, 15) is 4.79 Å². The molecule has 0 saturated heterocycles. The fraction of sp³-hybridized carbons (Fsp3) is 0.111. The van der Waals surface area contributed by atoms with Gasteiger partial charge in [0.15, 0.2) is 0 Å². The average Bonchev–Trinajstić information content (AvgIpc) is 2.56. The first-order valence-corrected chi connectivity index (χ1v) is 4.75. The summed E-state index contributed by atoms with van der Waals surface area (Å²) in [5.41, 5.74) is 1.61. The van der Waals surface area contributed by atoms with Crippen molar-refractivity contribution in [3.8, 4) is 10.6 Å². The zero-order valence-corrected chi connectivity index (χ0v) is 7.89. The molecule has 2 heterocycles. The number of H-pyrrole nitrogens is 1. The van der Waals surface area contributed by atoms with Crippen LogP contribution in [0.2, 0.25) is 0 Å². The molecule has 0 aromatic carbocycles. The monoisotopic (exact) mass is 192 g/mol. The molecule has 0 saturated carbocycles. The molecule has 2 aromatic heterocycles. The maximum absolute atomic E-state index is 10.9. The molecule has 2 aromatic rings. The van der Waals surface area contributed by atoms with Gasteiger partial charge in [-0.05, 0) is 23.9 Å². The number of nitrogens with one attached hydrogen (secondary N) is 1. The van der Waals surface area contributed by atoms with Gasteiger partial charge in [0, 0.05) is 6.07 Å². The number of hydrogen-bond donors (Lipinski definition) is 1. The summed E-state index contributed by atoms with van der Waals surface area (Å²) in [5, 5.41) is 8.41. The highest BCUT2D eigenvalue weighted by molar-refractivity contribution is 7.13. The van der Waals surface area contributed by atoms with Crippen molar-refractivity contribution in [2.75, 3.05) is 0 Å². The molecule has 0 spiro atoms. The fourth-order valence-corrected chi connectivity index (χ4v) is 1.94. The summed E-state index contributed by atoms with van der Waals surface area (Å²) >= 11 is 1.61. The molecule has 4 heteroatoms. The molecular weight excluding hydrogens is 184 g/mol. The van der Waals surface area contributed by atoms with Crippen LogP contribution < -0.4 is 5.56 Å². The van der Waals surface area contributed by atoms with Crippen LogP contribution in [0.3, 0.4) is 0 Å².